The monoisotopic (exact) mass is 522 g/mol. The lowest BCUT2D eigenvalue weighted by atomic mass is 10.1. The van der Waals surface area contributed by atoms with E-state index in [1.807, 2.05) is 97.1 Å². The molecule has 4 aromatic carbocycles. The number of benzene rings is 4. The van der Waals surface area contributed by atoms with Crippen LogP contribution in [0.5, 0.6) is 0 Å². The molecule has 170 valence electrons. The molecule has 0 aliphatic heterocycles. The molecule has 0 heterocycles. The normalized spacial score (nSPS) is 10.3. The van der Waals surface area contributed by atoms with Gasteiger partial charge in [0.1, 0.15) is 0 Å². The van der Waals surface area contributed by atoms with Crippen LogP contribution in [0.25, 0.3) is 11.1 Å². The Morgan fingerprint density at radius 1 is 0.412 bits per heavy atom. The smallest absolute Gasteiger partial charge is 0.175 e. The van der Waals surface area contributed by atoms with Crippen molar-refractivity contribution in [2.75, 3.05) is 21.3 Å². The molecule has 8 heteroatoms. The van der Waals surface area contributed by atoms with Crippen molar-refractivity contribution in [3.05, 3.63) is 107 Å². The van der Waals surface area contributed by atoms with Crippen molar-refractivity contribution in [1.29, 1.82) is 0 Å². The average Bonchev–Trinajstić information content (AvgIpc) is 2.83. The highest BCUT2D eigenvalue weighted by molar-refractivity contribution is 7.81. The van der Waals surface area contributed by atoms with Gasteiger partial charge < -0.3 is 21.3 Å². The van der Waals surface area contributed by atoms with Gasteiger partial charge in [-0.05, 0) is 108 Å². The summed E-state index contributed by atoms with van der Waals surface area (Å²) in [5.41, 5.74) is 5.72. The van der Waals surface area contributed by atoms with Crippen molar-refractivity contribution in [2.24, 2.45) is 0 Å². The summed E-state index contributed by atoms with van der Waals surface area (Å²) in [7, 11) is 0. The summed E-state index contributed by atoms with van der Waals surface area (Å²) in [5.74, 6) is 0. The van der Waals surface area contributed by atoms with Crippen LogP contribution in [-0.2, 0) is 0 Å². The molecular formula is C26H20Cl2N4S2. The van der Waals surface area contributed by atoms with Gasteiger partial charge in [0.05, 0.1) is 0 Å². The molecule has 0 atom stereocenters. The Morgan fingerprint density at radius 3 is 0.912 bits per heavy atom. The summed E-state index contributed by atoms with van der Waals surface area (Å²) >= 11 is 22.6. The van der Waals surface area contributed by atoms with E-state index in [1.54, 1.807) is 0 Å². The second kappa shape index (κ2) is 11.3. The maximum atomic E-state index is 5.92. The molecule has 0 amide bonds. The minimum Gasteiger partial charge on any atom is -0.332 e. The minimum absolute atomic E-state index is 0.508. The largest absolute Gasteiger partial charge is 0.332 e. The highest BCUT2D eigenvalue weighted by atomic mass is 35.5. The van der Waals surface area contributed by atoms with E-state index in [9.17, 15) is 0 Å². The number of rotatable bonds is 5. The fourth-order valence-electron chi connectivity index (χ4n) is 3.15. The van der Waals surface area contributed by atoms with E-state index in [1.165, 1.54) is 0 Å². The Hall–Kier alpha value is -3.16. The van der Waals surface area contributed by atoms with Crippen molar-refractivity contribution in [3.63, 3.8) is 0 Å². The topological polar surface area (TPSA) is 48.1 Å². The maximum absolute atomic E-state index is 5.92. The third kappa shape index (κ3) is 6.92. The molecule has 0 radical (unpaired) electrons. The zero-order valence-electron chi connectivity index (χ0n) is 17.8. The summed E-state index contributed by atoms with van der Waals surface area (Å²) in [6, 6.07) is 30.9. The molecule has 0 aliphatic rings. The first-order chi connectivity index (χ1) is 16.4. The van der Waals surface area contributed by atoms with Crippen LogP contribution in [0.4, 0.5) is 22.7 Å². The molecule has 0 spiro atoms. The molecule has 0 saturated carbocycles. The molecule has 0 saturated heterocycles. The van der Waals surface area contributed by atoms with Gasteiger partial charge in [0.25, 0.3) is 0 Å². The number of thiocarbonyl (C=S) groups is 2. The van der Waals surface area contributed by atoms with Crippen LogP contribution in [0.1, 0.15) is 0 Å². The summed E-state index contributed by atoms with van der Waals surface area (Å²) in [5, 5.41) is 15.0. The molecular weight excluding hydrogens is 503 g/mol. The summed E-state index contributed by atoms with van der Waals surface area (Å²) < 4.78 is 0. The van der Waals surface area contributed by atoms with Crippen LogP contribution < -0.4 is 21.3 Å². The van der Waals surface area contributed by atoms with Crippen molar-refractivity contribution in [3.8, 4) is 11.1 Å². The first-order valence-corrected chi connectivity index (χ1v) is 11.9. The predicted molar refractivity (Wildman–Crippen MR) is 154 cm³/mol. The first-order valence-electron chi connectivity index (χ1n) is 10.3. The molecule has 0 bridgehead atoms. The molecule has 34 heavy (non-hydrogen) atoms. The predicted octanol–water partition coefficient (Wildman–Crippen LogP) is 8.28. The second-order valence-corrected chi connectivity index (χ2v) is 9.02. The van der Waals surface area contributed by atoms with Gasteiger partial charge in [-0.1, -0.05) is 47.5 Å². The van der Waals surface area contributed by atoms with E-state index in [0.29, 0.717) is 20.3 Å². The van der Waals surface area contributed by atoms with E-state index in [0.717, 1.165) is 33.9 Å². The molecule has 4 rings (SSSR count). The number of halogens is 2. The van der Waals surface area contributed by atoms with E-state index in [2.05, 4.69) is 21.3 Å². The summed E-state index contributed by atoms with van der Waals surface area (Å²) in [4.78, 5) is 0. The van der Waals surface area contributed by atoms with E-state index in [-0.39, 0.29) is 0 Å². The Labute approximate surface area is 219 Å². The van der Waals surface area contributed by atoms with Crippen molar-refractivity contribution < 1.29 is 0 Å². The molecule has 0 aliphatic carbocycles. The number of nitrogens with one attached hydrogen (secondary N) is 4. The SMILES string of the molecule is S=C(Nc1ccc(Cl)cc1)Nc1ccc(-c2ccc(NC(=S)Nc3ccc(Cl)cc3)cc2)cc1. The second-order valence-electron chi connectivity index (χ2n) is 7.33. The van der Waals surface area contributed by atoms with Crippen molar-refractivity contribution >= 4 is 80.6 Å². The van der Waals surface area contributed by atoms with Gasteiger partial charge in [0.2, 0.25) is 0 Å². The molecule has 4 nitrogen and oxygen atoms in total. The van der Waals surface area contributed by atoms with E-state index >= 15 is 0 Å². The highest BCUT2D eigenvalue weighted by Crippen LogP contribution is 2.24. The number of hydrogen-bond acceptors (Lipinski definition) is 2. The van der Waals surface area contributed by atoms with Gasteiger partial charge in [0, 0.05) is 32.8 Å². The third-order valence-electron chi connectivity index (χ3n) is 4.82. The van der Waals surface area contributed by atoms with Crippen LogP contribution in [0.2, 0.25) is 10.0 Å². The molecule has 4 N–H and O–H groups in total. The molecule has 0 fully saturated rings. The molecule has 0 aromatic heterocycles. The standard InChI is InChI=1S/C26H20Cl2N4S2/c27-19-5-13-23(14-6-19)31-25(33)29-21-9-1-17(2-10-21)18-3-11-22(12-4-18)30-26(34)32-24-15-7-20(28)8-16-24/h1-16H,(H2,29,31,33)(H2,30,32,34). The van der Waals surface area contributed by atoms with Crippen LogP contribution >= 0.6 is 47.6 Å². The lowest BCUT2D eigenvalue weighted by molar-refractivity contribution is 1.56. The zero-order chi connectivity index (χ0) is 23.9. The average molecular weight is 524 g/mol. The lowest BCUT2D eigenvalue weighted by Crippen LogP contribution is -2.19. The van der Waals surface area contributed by atoms with Gasteiger partial charge in [-0.3, -0.25) is 0 Å². The molecule has 4 aromatic rings. The van der Waals surface area contributed by atoms with Crippen LogP contribution in [0.3, 0.4) is 0 Å². The van der Waals surface area contributed by atoms with E-state index in [4.69, 9.17) is 47.6 Å². The number of hydrogen-bond donors (Lipinski definition) is 4. The van der Waals surface area contributed by atoms with Crippen molar-refractivity contribution in [1.82, 2.24) is 0 Å². The van der Waals surface area contributed by atoms with Gasteiger partial charge in [-0.15, -0.1) is 0 Å². The maximum Gasteiger partial charge on any atom is 0.175 e. The van der Waals surface area contributed by atoms with Gasteiger partial charge in [-0.25, -0.2) is 0 Å². The fourth-order valence-corrected chi connectivity index (χ4v) is 3.87. The Morgan fingerprint density at radius 2 is 0.647 bits per heavy atom. The minimum atomic E-state index is 0.508. The number of anilines is 4. The van der Waals surface area contributed by atoms with Gasteiger partial charge >= 0.3 is 0 Å². The fraction of sp³-hybridized carbons (Fsp3) is 0. The highest BCUT2D eigenvalue weighted by Gasteiger charge is 2.03. The summed E-state index contributed by atoms with van der Waals surface area (Å²) in [6.45, 7) is 0. The quantitative estimate of drug-likeness (QED) is 0.198. The molecule has 0 unspecified atom stereocenters. The third-order valence-corrected chi connectivity index (χ3v) is 5.74. The summed E-state index contributed by atoms with van der Waals surface area (Å²) in [6.07, 6.45) is 0. The zero-order valence-corrected chi connectivity index (χ0v) is 21.0. The van der Waals surface area contributed by atoms with Crippen LogP contribution in [0, 0.1) is 0 Å². The Kier molecular flexibility index (Phi) is 7.98. The van der Waals surface area contributed by atoms with E-state index < -0.39 is 0 Å². The van der Waals surface area contributed by atoms with Crippen LogP contribution in [0.15, 0.2) is 97.1 Å². The van der Waals surface area contributed by atoms with Gasteiger partial charge in [-0.2, -0.15) is 0 Å². The lowest BCUT2D eigenvalue weighted by Gasteiger charge is -2.12. The first kappa shape index (κ1) is 24.0. The Bertz CT molecular complexity index is 1170. The van der Waals surface area contributed by atoms with Crippen LogP contribution in [-0.4, -0.2) is 10.2 Å². The Balaban J connectivity index is 1.31. The van der Waals surface area contributed by atoms with Gasteiger partial charge in [0.15, 0.2) is 10.2 Å². The van der Waals surface area contributed by atoms with Crippen molar-refractivity contribution in [2.45, 2.75) is 0 Å².